The molecule has 0 heterocycles. The molecule has 1 atom stereocenters. The molecule has 2 aromatic rings. The average Bonchev–Trinajstić information content (AvgIpc) is 2.56. The van der Waals surface area contributed by atoms with Gasteiger partial charge in [0, 0.05) is 5.02 Å². The Morgan fingerprint density at radius 2 is 1.96 bits per heavy atom. The molecular weight excluding hydrogens is 369 g/mol. The third-order valence-corrected chi connectivity index (χ3v) is 5.38. The molecule has 0 bridgehead atoms. The maximum absolute atomic E-state index is 14.0. The second kappa shape index (κ2) is 7.95. The Morgan fingerprint density at radius 1 is 1.28 bits per heavy atom. The van der Waals surface area contributed by atoms with Crippen molar-refractivity contribution in [3.8, 4) is 0 Å². The minimum atomic E-state index is -4.22. The number of carbonyl (C=O) groups excluding carboxylic acids is 1. The van der Waals surface area contributed by atoms with Crippen molar-refractivity contribution >= 4 is 27.6 Å². The second-order valence-electron chi connectivity index (χ2n) is 5.41. The normalized spacial score (nSPS) is 12.6. The van der Waals surface area contributed by atoms with Gasteiger partial charge in [-0.05, 0) is 36.2 Å². The van der Waals surface area contributed by atoms with Crippen LogP contribution in [-0.2, 0) is 19.6 Å². The van der Waals surface area contributed by atoms with Crippen LogP contribution in [0.25, 0.3) is 0 Å². The molecule has 0 aromatic heterocycles. The van der Waals surface area contributed by atoms with E-state index in [4.69, 9.17) is 11.6 Å². The summed E-state index contributed by atoms with van der Waals surface area (Å²) in [5.74, 6) is -1.51. The van der Waals surface area contributed by atoms with Crippen molar-refractivity contribution in [1.82, 2.24) is 4.72 Å². The summed E-state index contributed by atoms with van der Waals surface area (Å²) in [6.45, 7) is 1.65. The molecule has 0 aliphatic heterocycles. The molecule has 0 radical (unpaired) electrons. The topological polar surface area (TPSA) is 72.5 Å². The first-order valence-electron chi connectivity index (χ1n) is 7.34. The quantitative estimate of drug-likeness (QED) is 0.774. The van der Waals surface area contributed by atoms with Gasteiger partial charge in [-0.2, -0.15) is 0 Å². The maximum atomic E-state index is 14.0. The summed E-state index contributed by atoms with van der Waals surface area (Å²) in [5, 5.41) is 0.281. The van der Waals surface area contributed by atoms with Gasteiger partial charge in [0.2, 0.25) is 10.0 Å². The number of benzene rings is 2. The maximum Gasteiger partial charge on any atom is 0.307 e. The first-order chi connectivity index (χ1) is 11.7. The number of halogens is 2. The fraction of sp³-hybridized carbons (Fsp3) is 0.235. The van der Waals surface area contributed by atoms with Gasteiger partial charge < -0.3 is 4.74 Å². The van der Waals surface area contributed by atoms with Gasteiger partial charge in [0.1, 0.15) is 10.7 Å². The van der Waals surface area contributed by atoms with E-state index in [0.29, 0.717) is 11.1 Å². The molecular formula is C17H17ClFNO4S. The first-order valence-corrected chi connectivity index (χ1v) is 9.20. The van der Waals surface area contributed by atoms with Gasteiger partial charge in [0.05, 0.1) is 19.6 Å². The number of hydrogen-bond acceptors (Lipinski definition) is 4. The number of aryl methyl sites for hydroxylation is 1. The van der Waals surface area contributed by atoms with E-state index in [2.05, 4.69) is 9.46 Å². The zero-order chi connectivity index (χ0) is 18.6. The fourth-order valence-electron chi connectivity index (χ4n) is 2.29. The van der Waals surface area contributed by atoms with Gasteiger partial charge in [-0.25, -0.2) is 17.5 Å². The van der Waals surface area contributed by atoms with E-state index in [0.717, 1.165) is 6.07 Å². The summed E-state index contributed by atoms with van der Waals surface area (Å²) in [4.78, 5) is 11.2. The zero-order valence-electron chi connectivity index (χ0n) is 13.6. The van der Waals surface area contributed by atoms with Gasteiger partial charge in [-0.3, -0.25) is 4.79 Å². The third kappa shape index (κ3) is 4.78. The van der Waals surface area contributed by atoms with Crippen LogP contribution < -0.4 is 4.72 Å². The van der Waals surface area contributed by atoms with Crippen LogP contribution in [0.5, 0.6) is 0 Å². The summed E-state index contributed by atoms with van der Waals surface area (Å²) in [6, 6.07) is 9.27. The lowest BCUT2D eigenvalue weighted by molar-refractivity contribution is -0.141. The van der Waals surface area contributed by atoms with Crippen LogP contribution in [0.15, 0.2) is 47.4 Å². The fourth-order valence-corrected chi connectivity index (χ4v) is 3.94. The molecule has 2 rings (SSSR count). The van der Waals surface area contributed by atoms with Crippen LogP contribution >= 0.6 is 11.6 Å². The third-order valence-electron chi connectivity index (χ3n) is 3.55. The van der Waals surface area contributed by atoms with E-state index in [1.54, 1.807) is 31.2 Å². The summed E-state index contributed by atoms with van der Waals surface area (Å²) in [6.07, 6.45) is -0.285. The van der Waals surface area contributed by atoms with Crippen LogP contribution in [0, 0.1) is 12.7 Å². The van der Waals surface area contributed by atoms with Gasteiger partial charge in [0.25, 0.3) is 0 Å². The summed E-state index contributed by atoms with van der Waals surface area (Å²) in [5.41, 5.74) is 0.982. The van der Waals surface area contributed by atoms with Gasteiger partial charge in [0.15, 0.2) is 0 Å². The highest BCUT2D eigenvalue weighted by molar-refractivity contribution is 7.89. The second-order valence-corrected chi connectivity index (χ2v) is 7.50. The Labute approximate surface area is 150 Å². The predicted molar refractivity (Wildman–Crippen MR) is 92.3 cm³/mol. The van der Waals surface area contributed by atoms with Crippen LogP contribution in [0.1, 0.15) is 23.6 Å². The molecule has 0 spiro atoms. The molecule has 25 heavy (non-hydrogen) atoms. The average molecular weight is 386 g/mol. The van der Waals surface area contributed by atoms with Crippen molar-refractivity contribution < 1.29 is 22.3 Å². The summed E-state index contributed by atoms with van der Waals surface area (Å²) >= 11 is 6.12. The molecule has 0 saturated heterocycles. The van der Waals surface area contributed by atoms with E-state index >= 15 is 0 Å². The Hall–Kier alpha value is -1.96. The number of sulfonamides is 1. The number of hydrogen-bond donors (Lipinski definition) is 1. The largest absolute Gasteiger partial charge is 0.469 e. The van der Waals surface area contributed by atoms with Gasteiger partial charge in [-0.15, -0.1) is 0 Å². The van der Waals surface area contributed by atoms with Crippen molar-refractivity contribution in [2.24, 2.45) is 0 Å². The monoisotopic (exact) mass is 385 g/mol. The number of rotatable bonds is 6. The van der Waals surface area contributed by atoms with E-state index < -0.39 is 32.7 Å². The molecule has 0 fully saturated rings. The van der Waals surface area contributed by atoms with E-state index in [-0.39, 0.29) is 11.4 Å². The Bertz CT molecular complexity index is 886. The van der Waals surface area contributed by atoms with Crippen molar-refractivity contribution in [2.75, 3.05) is 7.11 Å². The SMILES string of the molecule is COC(=O)CC(NS(=O)(=O)c1cc(C)ccc1F)c1ccccc1Cl. The van der Waals surface area contributed by atoms with Crippen molar-refractivity contribution in [3.63, 3.8) is 0 Å². The van der Waals surface area contributed by atoms with Crippen LogP contribution in [0.3, 0.4) is 0 Å². The molecule has 0 aliphatic carbocycles. The Kier molecular flexibility index (Phi) is 6.16. The first kappa shape index (κ1) is 19.4. The standard InChI is InChI=1S/C17H17ClFNO4S/c1-11-7-8-14(19)16(9-11)25(22,23)20-15(10-17(21)24-2)12-5-3-4-6-13(12)18/h3-9,15,20H,10H2,1-2H3. The summed E-state index contributed by atoms with van der Waals surface area (Å²) < 4.78 is 46.2. The highest BCUT2D eigenvalue weighted by Crippen LogP contribution is 2.28. The molecule has 0 amide bonds. The molecule has 2 aromatic carbocycles. The molecule has 0 aliphatic rings. The van der Waals surface area contributed by atoms with E-state index in [1.807, 2.05) is 0 Å². The predicted octanol–water partition coefficient (Wildman–Crippen LogP) is 3.37. The van der Waals surface area contributed by atoms with E-state index in [1.165, 1.54) is 19.2 Å². The number of ether oxygens (including phenoxy) is 1. The highest BCUT2D eigenvalue weighted by Gasteiger charge is 2.27. The summed E-state index contributed by atoms with van der Waals surface area (Å²) in [7, 11) is -3.03. The molecule has 8 heteroatoms. The lowest BCUT2D eigenvalue weighted by Gasteiger charge is -2.19. The molecule has 1 N–H and O–H groups in total. The van der Waals surface area contributed by atoms with Crippen molar-refractivity contribution in [1.29, 1.82) is 0 Å². The van der Waals surface area contributed by atoms with Crippen molar-refractivity contribution in [3.05, 3.63) is 64.4 Å². The van der Waals surface area contributed by atoms with Crippen molar-refractivity contribution in [2.45, 2.75) is 24.3 Å². The minimum absolute atomic E-state index is 0.281. The van der Waals surface area contributed by atoms with E-state index in [9.17, 15) is 17.6 Å². The minimum Gasteiger partial charge on any atom is -0.469 e. The van der Waals surface area contributed by atoms with Gasteiger partial charge in [-0.1, -0.05) is 35.9 Å². The van der Waals surface area contributed by atoms with Gasteiger partial charge >= 0.3 is 5.97 Å². The zero-order valence-corrected chi connectivity index (χ0v) is 15.2. The number of esters is 1. The van der Waals surface area contributed by atoms with Crippen LogP contribution in [-0.4, -0.2) is 21.5 Å². The number of carbonyl (C=O) groups is 1. The van der Waals surface area contributed by atoms with Crippen LogP contribution in [0.4, 0.5) is 4.39 Å². The number of methoxy groups -OCH3 is 1. The molecule has 5 nitrogen and oxygen atoms in total. The number of nitrogens with one attached hydrogen (secondary N) is 1. The molecule has 0 saturated carbocycles. The highest BCUT2D eigenvalue weighted by atomic mass is 35.5. The Morgan fingerprint density at radius 3 is 2.60 bits per heavy atom. The lowest BCUT2D eigenvalue weighted by atomic mass is 10.1. The Balaban J connectivity index is 2.43. The smallest absolute Gasteiger partial charge is 0.307 e. The van der Waals surface area contributed by atoms with Crippen LogP contribution in [0.2, 0.25) is 5.02 Å². The molecule has 134 valence electrons. The lowest BCUT2D eigenvalue weighted by Crippen LogP contribution is -2.31. The molecule has 1 unspecified atom stereocenters.